The van der Waals surface area contributed by atoms with Gasteiger partial charge in [-0.25, -0.2) is 4.39 Å². The zero-order valence-corrected chi connectivity index (χ0v) is 8.99. The molecular formula is C11H9FN4O. The maximum atomic E-state index is 13.5. The Morgan fingerprint density at radius 3 is 2.88 bits per heavy atom. The minimum absolute atomic E-state index is 0.0749. The highest BCUT2D eigenvalue weighted by atomic mass is 19.1. The van der Waals surface area contributed by atoms with Crippen molar-refractivity contribution in [3.8, 4) is 11.8 Å². The van der Waals surface area contributed by atoms with E-state index in [0.29, 0.717) is 16.6 Å². The molecule has 1 aromatic heterocycles. The smallest absolute Gasteiger partial charge is 0.167 e. The van der Waals surface area contributed by atoms with E-state index in [1.54, 1.807) is 0 Å². The third-order valence-electron chi connectivity index (χ3n) is 2.41. The Hall–Kier alpha value is -2.39. The number of methoxy groups -OCH3 is 1. The van der Waals surface area contributed by atoms with Crippen molar-refractivity contribution >= 4 is 16.6 Å². The number of pyridine rings is 1. The summed E-state index contributed by atoms with van der Waals surface area (Å²) in [4.78, 5) is 3.98. The van der Waals surface area contributed by atoms with Crippen LogP contribution in [-0.4, -0.2) is 12.1 Å². The van der Waals surface area contributed by atoms with Crippen LogP contribution in [0.5, 0.6) is 5.75 Å². The van der Waals surface area contributed by atoms with Crippen LogP contribution in [0.4, 0.5) is 10.1 Å². The molecule has 0 aliphatic carbocycles. The highest BCUT2D eigenvalue weighted by molar-refractivity contribution is 5.94. The van der Waals surface area contributed by atoms with E-state index in [2.05, 4.69) is 10.4 Å². The molecule has 0 bridgehead atoms. The Morgan fingerprint density at radius 1 is 1.53 bits per heavy atom. The average Bonchev–Trinajstić information content (AvgIpc) is 2.36. The molecule has 5 nitrogen and oxygen atoms in total. The van der Waals surface area contributed by atoms with E-state index in [1.807, 2.05) is 6.07 Å². The number of nitrogen functional groups attached to an aromatic ring is 1. The van der Waals surface area contributed by atoms with Gasteiger partial charge in [-0.3, -0.25) is 10.8 Å². The Balaban J connectivity index is 2.84. The van der Waals surface area contributed by atoms with Gasteiger partial charge in [0.25, 0.3) is 0 Å². The van der Waals surface area contributed by atoms with Gasteiger partial charge in [-0.1, -0.05) is 0 Å². The molecule has 0 saturated heterocycles. The number of hydrogen-bond acceptors (Lipinski definition) is 5. The number of benzene rings is 1. The van der Waals surface area contributed by atoms with Crippen LogP contribution in [0.3, 0.4) is 0 Å². The van der Waals surface area contributed by atoms with E-state index in [0.717, 1.165) is 0 Å². The lowest BCUT2D eigenvalue weighted by atomic mass is 10.1. The average molecular weight is 232 g/mol. The van der Waals surface area contributed by atoms with E-state index < -0.39 is 5.82 Å². The van der Waals surface area contributed by atoms with Crippen molar-refractivity contribution in [1.29, 1.82) is 5.26 Å². The number of aromatic nitrogens is 1. The molecule has 2 aromatic rings. The minimum Gasteiger partial charge on any atom is -0.494 e. The summed E-state index contributed by atoms with van der Waals surface area (Å²) in [7, 11) is 1.36. The second kappa shape index (κ2) is 4.23. The third-order valence-corrected chi connectivity index (χ3v) is 2.41. The number of nitriles is 1. The molecule has 6 heteroatoms. The van der Waals surface area contributed by atoms with E-state index >= 15 is 0 Å². The standard InChI is InChI=1S/C11H9FN4O/c1-17-10-2-7-9(3-8(10)12)15-5-6(4-13)11(7)16-14/h2-3,5H,14H2,1H3,(H,15,16). The summed E-state index contributed by atoms with van der Waals surface area (Å²) in [6, 6.07) is 4.64. The van der Waals surface area contributed by atoms with Crippen molar-refractivity contribution in [3.05, 3.63) is 29.7 Å². The van der Waals surface area contributed by atoms with Gasteiger partial charge < -0.3 is 10.2 Å². The van der Waals surface area contributed by atoms with Crippen LogP contribution in [0.1, 0.15) is 5.56 Å². The molecule has 3 N–H and O–H groups in total. The first-order chi connectivity index (χ1) is 8.21. The summed E-state index contributed by atoms with van der Waals surface area (Å²) in [5.41, 5.74) is 3.50. The molecule has 86 valence electrons. The first-order valence-corrected chi connectivity index (χ1v) is 4.74. The maximum absolute atomic E-state index is 13.5. The van der Waals surface area contributed by atoms with Crippen molar-refractivity contribution in [3.63, 3.8) is 0 Å². The molecule has 0 atom stereocenters. The highest BCUT2D eigenvalue weighted by Crippen LogP contribution is 2.30. The van der Waals surface area contributed by atoms with Crippen molar-refractivity contribution < 1.29 is 9.13 Å². The van der Waals surface area contributed by atoms with Crippen molar-refractivity contribution in [2.75, 3.05) is 12.5 Å². The minimum atomic E-state index is -0.514. The fourth-order valence-corrected chi connectivity index (χ4v) is 1.59. The Labute approximate surface area is 96.6 Å². The van der Waals surface area contributed by atoms with Crippen LogP contribution >= 0.6 is 0 Å². The van der Waals surface area contributed by atoms with Gasteiger partial charge in [-0.05, 0) is 6.07 Å². The number of hydrogen-bond donors (Lipinski definition) is 2. The number of ether oxygens (including phenoxy) is 1. The Kier molecular flexibility index (Phi) is 2.77. The SMILES string of the molecule is COc1cc2c(NN)c(C#N)cnc2cc1F. The second-order valence-electron chi connectivity index (χ2n) is 3.31. The van der Waals surface area contributed by atoms with Crippen molar-refractivity contribution in [2.45, 2.75) is 0 Å². The summed E-state index contributed by atoms with van der Waals surface area (Å²) in [5.74, 6) is 4.92. The summed E-state index contributed by atoms with van der Waals surface area (Å²) in [6.45, 7) is 0. The van der Waals surface area contributed by atoms with Crippen LogP contribution in [0, 0.1) is 17.1 Å². The fraction of sp³-hybridized carbons (Fsp3) is 0.0909. The second-order valence-corrected chi connectivity index (χ2v) is 3.31. The molecule has 0 aliphatic rings. The Bertz CT molecular complexity index is 621. The Morgan fingerprint density at radius 2 is 2.29 bits per heavy atom. The molecule has 0 unspecified atom stereocenters. The number of fused-ring (bicyclic) bond motifs is 1. The lowest BCUT2D eigenvalue weighted by Gasteiger charge is -2.09. The van der Waals surface area contributed by atoms with Crippen molar-refractivity contribution in [2.24, 2.45) is 5.84 Å². The monoisotopic (exact) mass is 232 g/mol. The lowest BCUT2D eigenvalue weighted by molar-refractivity contribution is 0.387. The van der Waals surface area contributed by atoms with E-state index in [1.165, 1.54) is 25.4 Å². The van der Waals surface area contributed by atoms with Gasteiger partial charge >= 0.3 is 0 Å². The van der Waals surface area contributed by atoms with E-state index in [4.69, 9.17) is 15.8 Å². The largest absolute Gasteiger partial charge is 0.494 e. The number of nitrogens with one attached hydrogen (secondary N) is 1. The van der Waals surface area contributed by atoms with E-state index in [-0.39, 0.29) is 11.3 Å². The maximum Gasteiger partial charge on any atom is 0.167 e. The number of hydrazine groups is 1. The summed E-state index contributed by atoms with van der Waals surface area (Å²) in [6.07, 6.45) is 1.34. The van der Waals surface area contributed by atoms with Crippen molar-refractivity contribution in [1.82, 2.24) is 4.98 Å². The quantitative estimate of drug-likeness (QED) is 0.606. The first kappa shape index (κ1) is 11.1. The molecule has 0 radical (unpaired) electrons. The van der Waals surface area contributed by atoms with Crippen LogP contribution in [0.25, 0.3) is 10.9 Å². The molecule has 17 heavy (non-hydrogen) atoms. The van der Waals surface area contributed by atoms with Crippen LogP contribution in [0.15, 0.2) is 18.3 Å². The van der Waals surface area contributed by atoms with Crippen LogP contribution in [-0.2, 0) is 0 Å². The fourth-order valence-electron chi connectivity index (χ4n) is 1.59. The lowest BCUT2D eigenvalue weighted by Crippen LogP contribution is -2.09. The normalized spacial score (nSPS) is 10.0. The molecule has 0 saturated carbocycles. The van der Waals surface area contributed by atoms with Gasteiger partial charge in [0.05, 0.1) is 23.9 Å². The van der Waals surface area contributed by atoms with Crippen LogP contribution in [0.2, 0.25) is 0 Å². The zero-order chi connectivity index (χ0) is 12.4. The molecule has 0 fully saturated rings. The summed E-state index contributed by atoms with van der Waals surface area (Å²) >= 11 is 0. The predicted octanol–water partition coefficient (Wildman–Crippen LogP) is 1.54. The van der Waals surface area contributed by atoms with Gasteiger partial charge in [0.2, 0.25) is 0 Å². The first-order valence-electron chi connectivity index (χ1n) is 4.74. The number of rotatable bonds is 2. The molecule has 0 aliphatic heterocycles. The van der Waals surface area contributed by atoms with Gasteiger partial charge in [0.15, 0.2) is 11.6 Å². The van der Waals surface area contributed by atoms with Gasteiger partial charge in [-0.15, -0.1) is 0 Å². The molecule has 2 rings (SSSR count). The van der Waals surface area contributed by atoms with Gasteiger partial charge in [-0.2, -0.15) is 5.26 Å². The van der Waals surface area contributed by atoms with Crippen LogP contribution < -0.4 is 16.0 Å². The third kappa shape index (κ3) is 1.73. The molecule has 0 amide bonds. The molecular weight excluding hydrogens is 223 g/mol. The topological polar surface area (TPSA) is 84.0 Å². The highest BCUT2D eigenvalue weighted by Gasteiger charge is 2.12. The number of nitrogens with two attached hydrogens (primary N) is 1. The summed E-state index contributed by atoms with van der Waals surface area (Å²) < 4.78 is 18.3. The molecule has 1 heterocycles. The zero-order valence-electron chi connectivity index (χ0n) is 8.99. The molecule has 0 spiro atoms. The van der Waals surface area contributed by atoms with Gasteiger partial charge in [0, 0.05) is 17.6 Å². The van der Waals surface area contributed by atoms with Gasteiger partial charge in [0.1, 0.15) is 6.07 Å². The number of halogens is 1. The van der Waals surface area contributed by atoms with E-state index in [9.17, 15) is 4.39 Å². The summed E-state index contributed by atoms with van der Waals surface area (Å²) in [5, 5.41) is 9.43. The number of nitrogens with zero attached hydrogens (tertiary/aromatic N) is 2. The predicted molar refractivity (Wildman–Crippen MR) is 60.8 cm³/mol. The number of anilines is 1. The molecule has 1 aromatic carbocycles.